The standard InChI is InChI=1S/C15H11BrCl2O3/c1-20-14-5-9(7-19)11(16)6-15(14)21-8-10-12(17)3-2-4-13(10)18/h2-7H,8H2,1H3. The number of carbonyl (C=O) groups is 1. The molecule has 6 heteroatoms. The molecule has 0 spiro atoms. The first-order chi connectivity index (χ1) is 10.1. The van der Waals surface area contributed by atoms with E-state index in [1.807, 2.05) is 0 Å². The molecule has 0 radical (unpaired) electrons. The van der Waals surface area contributed by atoms with Gasteiger partial charge in [-0.15, -0.1) is 0 Å². The highest BCUT2D eigenvalue weighted by atomic mass is 79.9. The molecule has 0 bridgehead atoms. The van der Waals surface area contributed by atoms with Crippen LogP contribution in [-0.4, -0.2) is 13.4 Å². The van der Waals surface area contributed by atoms with Crippen LogP contribution in [0.25, 0.3) is 0 Å². The van der Waals surface area contributed by atoms with Gasteiger partial charge in [-0.1, -0.05) is 29.3 Å². The van der Waals surface area contributed by atoms with Gasteiger partial charge in [-0.05, 0) is 40.2 Å². The van der Waals surface area contributed by atoms with Crippen molar-refractivity contribution in [2.75, 3.05) is 7.11 Å². The molecule has 0 atom stereocenters. The first-order valence-corrected chi connectivity index (χ1v) is 7.50. The molecular formula is C15H11BrCl2O3. The largest absolute Gasteiger partial charge is 0.493 e. The molecule has 0 amide bonds. The maximum absolute atomic E-state index is 10.9. The highest BCUT2D eigenvalue weighted by Gasteiger charge is 2.12. The third kappa shape index (κ3) is 3.70. The van der Waals surface area contributed by atoms with Gasteiger partial charge in [0.25, 0.3) is 0 Å². The molecule has 2 aromatic carbocycles. The quantitative estimate of drug-likeness (QED) is 0.663. The number of halogens is 3. The molecule has 21 heavy (non-hydrogen) atoms. The van der Waals surface area contributed by atoms with Crippen LogP contribution in [0.5, 0.6) is 11.5 Å². The summed E-state index contributed by atoms with van der Waals surface area (Å²) < 4.78 is 11.6. The van der Waals surface area contributed by atoms with Crippen LogP contribution in [0, 0.1) is 0 Å². The Hall–Kier alpha value is -1.23. The molecule has 0 fully saturated rings. The van der Waals surface area contributed by atoms with Gasteiger partial charge in [-0.25, -0.2) is 0 Å². The SMILES string of the molecule is COc1cc(C=O)c(Br)cc1OCc1c(Cl)cccc1Cl. The summed E-state index contributed by atoms with van der Waals surface area (Å²) in [5, 5.41) is 1.06. The minimum Gasteiger partial charge on any atom is -0.493 e. The molecule has 0 saturated heterocycles. The van der Waals surface area contributed by atoms with Crippen LogP contribution in [0.15, 0.2) is 34.8 Å². The van der Waals surface area contributed by atoms with Crippen molar-refractivity contribution in [3.05, 3.63) is 56.0 Å². The summed E-state index contributed by atoms with van der Waals surface area (Å²) >= 11 is 15.5. The number of ether oxygens (including phenoxy) is 2. The smallest absolute Gasteiger partial charge is 0.162 e. The summed E-state index contributed by atoms with van der Waals surface area (Å²) in [6.45, 7) is 0.196. The molecular weight excluding hydrogens is 379 g/mol. The monoisotopic (exact) mass is 388 g/mol. The van der Waals surface area contributed by atoms with Crippen LogP contribution in [0.1, 0.15) is 15.9 Å². The minimum atomic E-state index is 0.196. The van der Waals surface area contributed by atoms with Crippen LogP contribution in [0.3, 0.4) is 0 Å². The predicted molar refractivity (Wildman–Crippen MR) is 86.9 cm³/mol. The molecule has 0 aliphatic carbocycles. The number of hydrogen-bond acceptors (Lipinski definition) is 3. The van der Waals surface area contributed by atoms with Gasteiger partial charge in [0.2, 0.25) is 0 Å². The lowest BCUT2D eigenvalue weighted by atomic mass is 10.2. The molecule has 0 N–H and O–H groups in total. The Morgan fingerprint density at radius 3 is 2.43 bits per heavy atom. The number of methoxy groups -OCH3 is 1. The Morgan fingerprint density at radius 2 is 1.86 bits per heavy atom. The summed E-state index contributed by atoms with van der Waals surface area (Å²) in [6.07, 6.45) is 0.737. The first-order valence-electron chi connectivity index (χ1n) is 5.95. The zero-order valence-corrected chi connectivity index (χ0v) is 14.1. The van der Waals surface area contributed by atoms with Crippen molar-refractivity contribution < 1.29 is 14.3 Å². The van der Waals surface area contributed by atoms with Gasteiger partial charge in [0, 0.05) is 25.6 Å². The Labute approximate surface area is 140 Å². The lowest BCUT2D eigenvalue weighted by molar-refractivity contribution is 0.112. The van der Waals surface area contributed by atoms with Gasteiger partial charge in [-0.2, -0.15) is 0 Å². The van der Waals surface area contributed by atoms with Crippen molar-refractivity contribution in [2.24, 2.45) is 0 Å². The average Bonchev–Trinajstić information content (AvgIpc) is 2.47. The molecule has 110 valence electrons. The van der Waals surface area contributed by atoms with Crippen molar-refractivity contribution in [1.82, 2.24) is 0 Å². The molecule has 0 aromatic heterocycles. The molecule has 2 rings (SSSR count). The van der Waals surface area contributed by atoms with E-state index in [4.69, 9.17) is 32.7 Å². The highest BCUT2D eigenvalue weighted by molar-refractivity contribution is 9.10. The van der Waals surface area contributed by atoms with Crippen molar-refractivity contribution in [2.45, 2.75) is 6.61 Å². The van der Waals surface area contributed by atoms with E-state index < -0.39 is 0 Å². The fourth-order valence-electron chi connectivity index (χ4n) is 1.73. The van der Waals surface area contributed by atoms with E-state index >= 15 is 0 Å². The predicted octanol–water partition coefficient (Wildman–Crippen LogP) is 5.16. The molecule has 3 nitrogen and oxygen atoms in total. The van der Waals surface area contributed by atoms with Crippen molar-refractivity contribution in [3.8, 4) is 11.5 Å². The maximum Gasteiger partial charge on any atom is 0.162 e. The van der Waals surface area contributed by atoms with E-state index in [9.17, 15) is 4.79 Å². The molecule has 0 aliphatic heterocycles. The molecule has 0 heterocycles. The van der Waals surface area contributed by atoms with Crippen molar-refractivity contribution in [1.29, 1.82) is 0 Å². The van der Waals surface area contributed by atoms with Gasteiger partial charge in [0.15, 0.2) is 17.8 Å². The minimum absolute atomic E-state index is 0.196. The second-order valence-corrected chi connectivity index (χ2v) is 5.80. The summed E-state index contributed by atoms with van der Waals surface area (Å²) in [4.78, 5) is 10.9. The summed E-state index contributed by atoms with van der Waals surface area (Å²) in [5.41, 5.74) is 1.17. The number of hydrogen-bond donors (Lipinski definition) is 0. The van der Waals surface area contributed by atoms with Crippen LogP contribution in [0.4, 0.5) is 0 Å². The number of carbonyl (C=O) groups excluding carboxylic acids is 1. The highest BCUT2D eigenvalue weighted by Crippen LogP contribution is 2.34. The second-order valence-electron chi connectivity index (χ2n) is 4.13. The number of benzene rings is 2. The number of rotatable bonds is 5. The van der Waals surface area contributed by atoms with Crippen molar-refractivity contribution in [3.63, 3.8) is 0 Å². The normalized spacial score (nSPS) is 10.3. The zero-order valence-electron chi connectivity index (χ0n) is 11.0. The summed E-state index contributed by atoms with van der Waals surface area (Å²) in [7, 11) is 1.51. The van der Waals surface area contributed by atoms with E-state index in [0.29, 0.717) is 37.1 Å². The maximum atomic E-state index is 10.9. The number of aldehydes is 1. The van der Waals surface area contributed by atoms with Gasteiger partial charge >= 0.3 is 0 Å². The molecule has 2 aromatic rings. The molecule has 0 unspecified atom stereocenters. The van der Waals surface area contributed by atoms with Crippen LogP contribution in [0.2, 0.25) is 10.0 Å². The molecule has 0 saturated carbocycles. The Kier molecular flexibility index (Phi) is 5.51. The van der Waals surface area contributed by atoms with Gasteiger partial charge in [0.05, 0.1) is 7.11 Å². The van der Waals surface area contributed by atoms with E-state index in [1.54, 1.807) is 30.3 Å². The summed E-state index contributed by atoms with van der Waals surface area (Å²) in [5.74, 6) is 0.953. The van der Waals surface area contributed by atoms with E-state index in [2.05, 4.69) is 15.9 Å². The third-order valence-electron chi connectivity index (χ3n) is 2.84. The second kappa shape index (κ2) is 7.16. The summed E-state index contributed by atoms with van der Waals surface area (Å²) in [6, 6.07) is 8.53. The Balaban J connectivity index is 2.28. The fraction of sp³-hybridized carbons (Fsp3) is 0.133. The van der Waals surface area contributed by atoms with E-state index in [0.717, 1.165) is 6.29 Å². The fourth-order valence-corrected chi connectivity index (χ4v) is 2.66. The van der Waals surface area contributed by atoms with E-state index in [1.165, 1.54) is 7.11 Å². The zero-order chi connectivity index (χ0) is 15.4. The van der Waals surface area contributed by atoms with Gasteiger partial charge in [0.1, 0.15) is 6.61 Å². The third-order valence-corrected chi connectivity index (χ3v) is 4.24. The first kappa shape index (κ1) is 16.1. The van der Waals surface area contributed by atoms with Crippen LogP contribution < -0.4 is 9.47 Å². The Morgan fingerprint density at radius 1 is 1.19 bits per heavy atom. The van der Waals surface area contributed by atoms with Crippen LogP contribution in [-0.2, 0) is 6.61 Å². The van der Waals surface area contributed by atoms with Crippen molar-refractivity contribution >= 4 is 45.4 Å². The van der Waals surface area contributed by atoms with Gasteiger partial charge < -0.3 is 9.47 Å². The van der Waals surface area contributed by atoms with E-state index in [-0.39, 0.29) is 6.61 Å². The molecule has 0 aliphatic rings. The lowest BCUT2D eigenvalue weighted by Crippen LogP contribution is -2.00. The topological polar surface area (TPSA) is 35.5 Å². The Bertz CT molecular complexity index is 654. The van der Waals surface area contributed by atoms with Crippen LogP contribution >= 0.6 is 39.1 Å². The van der Waals surface area contributed by atoms with Gasteiger partial charge in [-0.3, -0.25) is 4.79 Å². The average molecular weight is 390 g/mol. The lowest BCUT2D eigenvalue weighted by Gasteiger charge is -2.13.